The third-order valence-electron chi connectivity index (χ3n) is 11.7. The molecule has 2 aromatic carbocycles. The first-order chi connectivity index (χ1) is 27.3. The molecule has 5 aliphatic rings. The Bertz CT molecular complexity index is 1560. The summed E-state index contributed by atoms with van der Waals surface area (Å²) >= 11 is 0. The average Bonchev–Trinajstić information content (AvgIpc) is 3.21. The number of aliphatic hydroxyl groups is 2. The summed E-state index contributed by atoms with van der Waals surface area (Å²) in [6.07, 6.45) is 4.98. The van der Waals surface area contributed by atoms with Gasteiger partial charge in [-0.15, -0.1) is 0 Å². The molecular formula is C43H70N4O6S4. The number of hydroxylamine groups is 3. The number of ether oxygens (including phenoxy) is 2. The molecule has 10 nitrogen and oxygen atoms in total. The predicted octanol–water partition coefficient (Wildman–Crippen LogP) is 8.14. The van der Waals surface area contributed by atoms with Crippen molar-refractivity contribution in [2.75, 3.05) is 32.7 Å². The van der Waals surface area contributed by atoms with Crippen molar-refractivity contribution in [2.24, 2.45) is 11.3 Å². The SMILES string of the molecule is CC.CC(C)(CC(CNCC(O)C1CCc2cc3c(cc2O1)CSSC3)C(C)(C)C)NO.OC(CNC1CCN(O)CC1)C1CCc2cc3c(cc2O1)CSSC3. The largest absolute Gasteiger partial charge is 0.487 e. The normalized spacial score (nSPS) is 22.6. The lowest BCUT2D eigenvalue weighted by molar-refractivity contribution is -0.108. The minimum atomic E-state index is -0.538. The number of hydrogen-bond donors (Lipinski definition) is 7. The van der Waals surface area contributed by atoms with E-state index in [4.69, 9.17) is 9.47 Å². The van der Waals surface area contributed by atoms with Crippen LogP contribution in [0.3, 0.4) is 0 Å². The first-order valence-electron chi connectivity index (χ1n) is 21.0. The van der Waals surface area contributed by atoms with Gasteiger partial charge in [-0.2, -0.15) is 5.06 Å². The number of rotatable bonds is 12. The fourth-order valence-electron chi connectivity index (χ4n) is 7.96. The molecule has 0 saturated carbocycles. The summed E-state index contributed by atoms with van der Waals surface area (Å²) in [4.78, 5) is 0. The molecule has 5 unspecified atom stereocenters. The van der Waals surface area contributed by atoms with Gasteiger partial charge >= 0.3 is 0 Å². The number of hydrogen-bond acceptors (Lipinski definition) is 14. The van der Waals surface area contributed by atoms with Crippen LogP contribution in [0.25, 0.3) is 0 Å². The predicted molar refractivity (Wildman–Crippen MR) is 241 cm³/mol. The van der Waals surface area contributed by atoms with Gasteiger partial charge in [0.2, 0.25) is 0 Å². The Labute approximate surface area is 358 Å². The second-order valence-corrected chi connectivity index (χ2v) is 22.5. The highest BCUT2D eigenvalue weighted by molar-refractivity contribution is 8.76. The molecular weight excluding hydrogens is 797 g/mol. The maximum absolute atomic E-state index is 10.8. The number of nitrogens with one attached hydrogen (secondary N) is 3. The maximum Gasteiger partial charge on any atom is 0.126 e. The van der Waals surface area contributed by atoms with Crippen molar-refractivity contribution in [3.63, 3.8) is 0 Å². The van der Waals surface area contributed by atoms with E-state index in [1.807, 2.05) is 70.9 Å². The van der Waals surface area contributed by atoms with E-state index < -0.39 is 12.2 Å². The number of aryl methyl sites for hydroxylation is 2. The van der Waals surface area contributed by atoms with Crippen LogP contribution < -0.4 is 25.6 Å². The van der Waals surface area contributed by atoms with Crippen LogP contribution in [0.5, 0.6) is 11.5 Å². The molecule has 1 saturated heterocycles. The second-order valence-electron chi connectivity index (χ2n) is 17.6. The molecule has 1 fully saturated rings. The minimum Gasteiger partial charge on any atom is -0.487 e. The fraction of sp³-hybridized carbons (Fsp3) is 0.721. The topological polar surface area (TPSA) is 139 Å². The lowest BCUT2D eigenvalue weighted by atomic mass is 9.74. The fourth-order valence-corrected chi connectivity index (χ4v) is 12.4. The number of fused-ring (bicyclic) bond motifs is 4. The highest BCUT2D eigenvalue weighted by Crippen LogP contribution is 2.43. The van der Waals surface area contributed by atoms with E-state index in [0.717, 1.165) is 86.0 Å². The van der Waals surface area contributed by atoms with Gasteiger partial charge in [-0.05, 0) is 122 Å². The third-order valence-corrected chi connectivity index (χ3v) is 16.2. The Hall–Kier alpha value is -0.880. The quantitative estimate of drug-likeness (QED) is 0.0817. The molecule has 5 aliphatic heterocycles. The lowest BCUT2D eigenvalue weighted by Crippen LogP contribution is -2.47. The summed E-state index contributed by atoms with van der Waals surface area (Å²) in [5, 5.41) is 48.5. The Morgan fingerprint density at radius 1 is 0.684 bits per heavy atom. The van der Waals surface area contributed by atoms with Gasteiger partial charge in [-0.25, -0.2) is 5.48 Å². The van der Waals surface area contributed by atoms with Crippen LogP contribution in [-0.4, -0.2) is 94.4 Å². The van der Waals surface area contributed by atoms with Crippen molar-refractivity contribution in [1.29, 1.82) is 0 Å². The molecule has 0 spiro atoms. The van der Waals surface area contributed by atoms with Crippen LogP contribution in [0.2, 0.25) is 0 Å². The van der Waals surface area contributed by atoms with E-state index >= 15 is 0 Å². The maximum atomic E-state index is 10.8. The van der Waals surface area contributed by atoms with Gasteiger partial charge in [0.1, 0.15) is 35.9 Å². The van der Waals surface area contributed by atoms with Gasteiger partial charge in [0.15, 0.2) is 0 Å². The molecule has 5 heterocycles. The smallest absolute Gasteiger partial charge is 0.126 e. The summed E-state index contributed by atoms with van der Waals surface area (Å²) < 4.78 is 12.4. The van der Waals surface area contributed by atoms with Crippen LogP contribution >= 0.6 is 43.2 Å². The van der Waals surface area contributed by atoms with Crippen LogP contribution in [0, 0.1) is 11.3 Å². The molecule has 322 valence electrons. The van der Waals surface area contributed by atoms with Crippen LogP contribution in [0.4, 0.5) is 0 Å². The van der Waals surface area contributed by atoms with E-state index in [1.165, 1.54) is 38.4 Å². The van der Waals surface area contributed by atoms with E-state index in [2.05, 4.69) is 61.2 Å². The summed E-state index contributed by atoms with van der Waals surface area (Å²) in [5.74, 6) is 6.49. The molecule has 57 heavy (non-hydrogen) atoms. The van der Waals surface area contributed by atoms with Crippen LogP contribution in [-0.2, 0) is 35.9 Å². The molecule has 0 aliphatic carbocycles. The van der Waals surface area contributed by atoms with E-state index in [-0.39, 0.29) is 23.2 Å². The van der Waals surface area contributed by atoms with Crippen LogP contribution in [0.1, 0.15) is 114 Å². The zero-order valence-corrected chi connectivity index (χ0v) is 38.5. The summed E-state index contributed by atoms with van der Waals surface area (Å²) in [6, 6.07) is 9.38. The van der Waals surface area contributed by atoms with Crippen molar-refractivity contribution in [3.8, 4) is 11.5 Å². The third kappa shape index (κ3) is 13.8. The molecule has 0 amide bonds. The Morgan fingerprint density at radius 2 is 1.14 bits per heavy atom. The molecule has 7 N–H and O–H groups in total. The first-order valence-corrected chi connectivity index (χ1v) is 26.0. The standard InChI is InChI=1S/C23H38N2O3S2.C18H26N2O3S2.C2H6/c1-22(2,3)18(10-23(4,5)25-27)11-24-12-19(26)20-7-6-15-8-16-13-29-30-14-17(16)9-21(15)28-20;21-16(9-19-15-3-5-20(22)6-4-15)17-2-1-12-7-13-10-24-25-11-14(13)8-18(12)23-17;1-2/h8-9,18-20,24-27H,6-7,10-14H2,1-5H3;7-8,15-17,19,21-22H,1-6,9-11H2;1-2H3. The van der Waals surface area contributed by atoms with E-state index in [1.54, 1.807) is 0 Å². The molecule has 0 bridgehead atoms. The highest BCUT2D eigenvalue weighted by atomic mass is 33.1. The zero-order chi connectivity index (χ0) is 41.2. The average molecular weight is 867 g/mol. The molecule has 0 aromatic heterocycles. The molecule has 2 aromatic rings. The van der Waals surface area contributed by atoms with Gasteiger partial charge in [0.05, 0.1) is 0 Å². The molecule has 5 atom stereocenters. The van der Waals surface area contributed by atoms with Crippen molar-refractivity contribution < 1.29 is 30.1 Å². The number of nitrogens with zero attached hydrogens (tertiary/aromatic N) is 1. The van der Waals surface area contributed by atoms with Gasteiger partial charge in [0, 0.05) is 60.8 Å². The Morgan fingerprint density at radius 3 is 1.60 bits per heavy atom. The number of aliphatic hydroxyl groups excluding tert-OH is 2. The molecule has 14 heteroatoms. The monoisotopic (exact) mass is 866 g/mol. The Kier molecular flexibility index (Phi) is 18.4. The molecule has 0 radical (unpaired) electrons. The van der Waals surface area contributed by atoms with Gasteiger partial charge in [-0.1, -0.05) is 89.9 Å². The molecule has 7 rings (SSSR count). The summed E-state index contributed by atoms with van der Waals surface area (Å²) in [6.45, 7) is 17.9. The van der Waals surface area contributed by atoms with Gasteiger partial charge in [-0.3, -0.25) is 0 Å². The lowest BCUT2D eigenvalue weighted by Gasteiger charge is -2.37. The summed E-state index contributed by atoms with van der Waals surface area (Å²) in [7, 11) is 7.64. The van der Waals surface area contributed by atoms with E-state index in [0.29, 0.717) is 38.1 Å². The van der Waals surface area contributed by atoms with E-state index in [9.17, 15) is 20.6 Å². The zero-order valence-electron chi connectivity index (χ0n) is 35.3. The van der Waals surface area contributed by atoms with Crippen molar-refractivity contribution in [2.45, 2.75) is 152 Å². The summed E-state index contributed by atoms with van der Waals surface area (Å²) in [5.41, 5.74) is 10.4. The second kappa shape index (κ2) is 22.3. The first kappa shape index (κ1) is 47.2. The van der Waals surface area contributed by atoms with Crippen LogP contribution in [0.15, 0.2) is 24.3 Å². The van der Waals surface area contributed by atoms with Crippen molar-refractivity contribution in [3.05, 3.63) is 57.6 Å². The van der Waals surface area contributed by atoms with Crippen molar-refractivity contribution in [1.82, 2.24) is 21.2 Å². The Balaban J connectivity index is 0.000000211. The number of benzene rings is 2. The van der Waals surface area contributed by atoms with Gasteiger partial charge < -0.3 is 40.7 Å². The highest BCUT2D eigenvalue weighted by Gasteiger charge is 2.33. The van der Waals surface area contributed by atoms with Gasteiger partial charge in [0.25, 0.3) is 0 Å². The van der Waals surface area contributed by atoms with Crippen molar-refractivity contribution >= 4 is 43.2 Å². The minimum absolute atomic E-state index is 0.0989. The number of piperidine rings is 1.